The van der Waals surface area contributed by atoms with Gasteiger partial charge in [0.1, 0.15) is 4.90 Å². The maximum absolute atomic E-state index is 13.7. The molecular formula is C10H14ClFN2O4S. The van der Waals surface area contributed by atoms with Crippen molar-refractivity contribution in [3.63, 3.8) is 0 Å². The molecule has 1 rings (SSSR count). The highest BCUT2D eigenvalue weighted by molar-refractivity contribution is 7.89. The summed E-state index contributed by atoms with van der Waals surface area (Å²) in [5.74, 6) is -1.15. The van der Waals surface area contributed by atoms with Crippen molar-refractivity contribution in [2.75, 3.05) is 18.9 Å². The van der Waals surface area contributed by atoms with E-state index < -0.39 is 44.5 Å². The lowest BCUT2D eigenvalue weighted by atomic mass is 10.1. The van der Waals surface area contributed by atoms with Gasteiger partial charge in [-0.05, 0) is 19.1 Å². The Morgan fingerprint density at radius 1 is 1.42 bits per heavy atom. The fourth-order valence-corrected chi connectivity index (χ4v) is 3.08. The lowest BCUT2D eigenvalue weighted by molar-refractivity contribution is 0.121. The number of benzene rings is 1. The molecule has 0 fully saturated rings. The second-order valence-electron chi connectivity index (χ2n) is 4.30. The van der Waals surface area contributed by atoms with Crippen LogP contribution in [0.5, 0.6) is 0 Å². The maximum atomic E-state index is 13.7. The molecule has 0 aromatic heterocycles. The summed E-state index contributed by atoms with van der Waals surface area (Å²) in [5.41, 5.74) is 3.86. The number of hydrogen-bond acceptors (Lipinski definition) is 5. The van der Waals surface area contributed by atoms with Gasteiger partial charge in [0, 0.05) is 5.69 Å². The first kappa shape index (κ1) is 16.1. The van der Waals surface area contributed by atoms with Crippen LogP contribution in [0.15, 0.2) is 17.0 Å². The zero-order chi connectivity index (χ0) is 14.8. The molecule has 19 heavy (non-hydrogen) atoms. The van der Waals surface area contributed by atoms with Crippen LogP contribution in [0.1, 0.15) is 6.92 Å². The molecule has 1 aromatic carbocycles. The SMILES string of the molecule is CC(CO)(CO)NS(=O)(=O)c1cc(N)cc(Cl)c1F. The zero-order valence-corrected chi connectivity index (χ0v) is 11.6. The Morgan fingerprint density at radius 3 is 2.42 bits per heavy atom. The Labute approximate surface area is 115 Å². The van der Waals surface area contributed by atoms with Gasteiger partial charge in [0.15, 0.2) is 5.82 Å². The molecule has 0 atom stereocenters. The first-order valence-electron chi connectivity index (χ1n) is 5.15. The zero-order valence-electron chi connectivity index (χ0n) is 10.0. The number of halogens is 2. The van der Waals surface area contributed by atoms with Gasteiger partial charge in [-0.2, -0.15) is 0 Å². The summed E-state index contributed by atoms with van der Waals surface area (Å²) in [7, 11) is -4.33. The number of hydrogen-bond donors (Lipinski definition) is 4. The molecule has 108 valence electrons. The molecule has 0 saturated heterocycles. The molecular weight excluding hydrogens is 299 g/mol. The average molecular weight is 313 g/mol. The van der Waals surface area contributed by atoms with E-state index in [9.17, 15) is 12.8 Å². The summed E-state index contributed by atoms with van der Waals surface area (Å²) in [6, 6.07) is 1.98. The molecule has 0 saturated carbocycles. The fourth-order valence-electron chi connectivity index (χ4n) is 1.27. The van der Waals surface area contributed by atoms with E-state index in [1.54, 1.807) is 0 Å². The Balaban J connectivity index is 3.29. The Kier molecular flexibility index (Phi) is 4.75. The molecule has 0 aliphatic rings. The Bertz CT molecular complexity index is 575. The molecule has 1 aromatic rings. The third kappa shape index (κ3) is 3.54. The summed E-state index contributed by atoms with van der Waals surface area (Å²) in [6.45, 7) is -0.0723. The molecule has 5 N–H and O–H groups in total. The van der Waals surface area contributed by atoms with Crippen LogP contribution in [0.25, 0.3) is 0 Å². The van der Waals surface area contributed by atoms with Gasteiger partial charge in [0.2, 0.25) is 10.0 Å². The lowest BCUT2D eigenvalue weighted by Crippen LogP contribution is -2.51. The van der Waals surface area contributed by atoms with Crippen molar-refractivity contribution in [3.8, 4) is 0 Å². The molecule has 0 aliphatic heterocycles. The van der Waals surface area contributed by atoms with Gasteiger partial charge < -0.3 is 15.9 Å². The van der Waals surface area contributed by atoms with E-state index in [0.29, 0.717) is 0 Å². The maximum Gasteiger partial charge on any atom is 0.244 e. The molecule has 9 heteroatoms. The van der Waals surface area contributed by atoms with Gasteiger partial charge in [-0.1, -0.05) is 11.6 Å². The van der Waals surface area contributed by atoms with E-state index in [1.165, 1.54) is 6.92 Å². The summed E-state index contributed by atoms with van der Waals surface area (Å²) >= 11 is 5.52. The highest BCUT2D eigenvalue weighted by atomic mass is 35.5. The molecule has 0 aliphatic carbocycles. The first-order chi connectivity index (χ1) is 8.65. The van der Waals surface area contributed by atoms with Crippen LogP contribution in [-0.4, -0.2) is 37.4 Å². The van der Waals surface area contributed by atoms with Gasteiger partial charge in [0.05, 0.1) is 23.8 Å². The van der Waals surface area contributed by atoms with Gasteiger partial charge in [0.25, 0.3) is 0 Å². The standard InChI is InChI=1S/C10H14ClFN2O4S/c1-10(4-15,5-16)14-19(17,18)8-3-6(13)2-7(11)9(8)12/h2-3,14-16H,4-5,13H2,1H3. The third-order valence-corrected chi connectivity index (χ3v) is 4.30. The minimum absolute atomic E-state index is 0.0264. The number of nitrogens with one attached hydrogen (secondary N) is 1. The van der Waals surface area contributed by atoms with E-state index in [2.05, 4.69) is 0 Å². The van der Waals surface area contributed by atoms with E-state index in [1.807, 2.05) is 4.72 Å². The van der Waals surface area contributed by atoms with Gasteiger partial charge in [-0.25, -0.2) is 17.5 Å². The number of nitrogens with two attached hydrogens (primary N) is 1. The minimum Gasteiger partial charge on any atom is -0.399 e. The van der Waals surface area contributed by atoms with Crippen LogP contribution in [0.3, 0.4) is 0 Å². The van der Waals surface area contributed by atoms with Crippen LogP contribution in [0.4, 0.5) is 10.1 Å². The number of aliphatic hydroxyl groups is 2. The third-order valence-electron chi connectivity index (χ3n) is 2.39. The van der Waals surface area contributed by atoms with E-state index >= 15 is 0 Å². The Morgan fingerprint density at radius 2 is 1.95 bits per heavy atom. The summed E-state index contributed by atoms with van der Waals surface area (Å²) in [6.07, 6.45) is 0. The van der Waals surface area contributed by atoms with Gasteiger partial charge in [-0.3, -0.25) is 0 Å². The monoisotopic (exact) mass is 312 g/mol. The van der Waals surface area contributed by atoms with Crippen molar-refractivity contribution in [1.82, 2.24) is 4.72 Å². The molecule has 0 radical (unpaired) electrons. The predicted molar refractivity (Wildman–Crippen MR) is 68.7 cm³/mol. The Hall–Kier alpha value is -0.930. The quantitative estimate of drug-likeness (QED) is 0.575. The van der Waals surface area contributed by atoms with Crippen molar-refractivity contribution >= 4 is 27.3 Å². The van der Waals surface area contributed by atoms with Crippen LogP contribution < -0.4 is 10.5 Å². The number of anilines is 1. The fraction of sp³-hybridized carbons (Fsp3) is 0.400. The van der Waals surface area contributed by atoms with Crippen LogP contribution in [-0.2, 0) is 10.0 Å². The van der Waals surface area contributed by atoms with Crippen molar-refractivity contribution < 1.29 is 23.0 Å². The molecule has 0 unspecified atom stereocenters. The highest BCUT2D eigenvalue weighted by Gasteiger charge is 2.32. The number of sulfonamides is 1. The van der Waals surface area contributed by atoms with Gasteiger partial charge in [-0.15, -0.1) is 0 Å². The lowest BCUT2D eigenvalue weighted by Gasteiger charge is -2.26. The molecule has 0 amide bonds. The number of aliphatic hydroxyl groups excluding tert-OH is 2. The first-order valence-corrected chi connectivity index (χ1v) is 7.01. The molecule has 0 spiro atoms. The molecule has 0 bridgehead atoms. The van der Waals surface area contributed by atoms with Crippen LogP contribution in [0.2, 0.25) is 5.02 Å². The largest absolute Gasteiger partial charge is 0.399 e. The summed E-state index contributed by atoms with van der Waals surface area (Å²) in [5, 5.41) is 17.6. The van der Waals surface area contributed by atoms with Gasteiger partial charge >= 0.3 is 0 Å². The van der Waals surface area contributed by atoms with E-state index in [0.717, 1.165) is 12.1 Å². The van der Waals surface area contributed by atoms with E-state index in [-0.39, 0.29) is 5.69 Å². The average Bonchev–Trinajstić information content (AvgIpc) is 2.32. The van der Waals surface area contributed by atoms with Crippen LogP contribution in [0, 0.1) is 5.82 Å². The summed E-state index contributed by atoms with van der Waals surface area (Å²) < 4.78 is 39.7. The van der Waals surface area contributed by atoms with Crippen molar-refractivity contribution in [2.45, 2.75) is 17.4 Å². The molecule has 0 heterocycles. The smallest absolute Gasteiger partial charge is 0.244 e. The van der Waals surface area contributed by atoms with Crippen molar-refractivity contribution in [2.24, 2.45) is 0 Å². The van der Waals surface area contributed by atoms with Crippen molar-refractivity contribution in [1.29, 1.82) is 0 Å². The minimum atomic E-state index is -4.33. The normalized spacial score (nSPS) is 12.7. The number of nitrogen functional groups attached to an aromatic ring is 1. The number of rotatable bonds is 5. The van der Waals surface area contributed by atoms with E-state index in [4.69, 9.17) is 27.5 Å². The predicted octanol–water partition coefficient (Wildman–Crippen LogP) is 0.0829. The second kappa shape index (κ2) is 5.59. The highest BCUT2D eigenvalue weighted by Crippen LogP contribution is 2.26. The topological polar surface area (TPSA) is 113 Å². The van der Waals surface area contributed by atoms with Crippen molar-refractivity contribution in [3.05, 3.63) is 23.0 Å². The van der Waals surface area contributed by atoms with Crippen LogP contribution >= 0.6 is 11.6 Å². The second-order valence-corrected chi connectivity index (χ2v) is 6.36. The summed E-state index contributed by atoms with van der Waals surface area (Å²) in [4.78, 5) is -0.745. The molecule has 6 nitrogen and oxygen atoms in total.